The van der Waals surface area contributed by atoms with E-state index in [1.165, 1.54) is 30.0 Å². The minimum Gasteiger partial charge on any atom is -0.433 e. The molecule has 1 heterocycles. The van der Waals surface area contributed by atoms with Gasteiger partial charge in [-0.1, -0.05) is 47.6 Å². The lowest BCUT2D eigenvalue weighted by molar-refractivity contribution is -0.113. The Morgan fingerprint density at radius 1 is 1.27 bits per heavy atom. The summed E-state index contributed by atoms with van der Waals surface area (Å²) in [6, 6.07) is 11.7. The summed E-state index contributed by atoms with van der Waals surface area (Å²) in [5.74, 6) is -0.335. The fourth-order valence-corrected chi connectivity index (χ4v) is 3.22. The number of nitrogens with one attached hydrogen (secondary N) is 1. The molecule has 1 amide bonds. The van der Waals surface area contributed by atoms with Crippen molar-refractivity contribution in [2.45, 2.75) is 11.6 Å². The number of fused-ring (bicyclic) bond motifs is 1. The average Bonchev–Trinajstić information content (AvgIpc) is 2.62. The maximum atomic E-state index is 12.2. The summed E-state index contributed by atoms with van der Waals surface area (Å²) in [4.78, 5) is 12.1. The summed E-state index contributed by atoms with van der Waals surface area (Å²) in [5.41, 5.74) is 0.381. The highest BCUT2D eigenvalue weighted by Gasteiger charge is 2.11. The number of amides is 1. The number of anilines is 1. The summed E-state index contributed by atoms with van der Waals surface area (Å²) in [5, 5.41) is 13.1. The molecular formula is C17H12ClF2N3O2S. The number of thioether (sulfide) groups is 1. The van der Waals surface area contributed by atoms with Gasteiger partial charge in [0.2, 0.25) is 5.91 Å². The Morgan fingerprint density at radius 2 is 2.08 bits per heavy atom. The molecule has 0 aliphatic heterocycles. The minimum absolute atomic E-state index is 0.0179. The summed E-state index contributed by atoms with van der Waals surface area (Å²) < 4.78 is 28.7. The number of benzene rings is 2. The molecule has 0 spiro atoms. The second-order valence-electron chi connectivity index (χ2n) is 5.10. The van der Waals surface area contributed by atoms with Gasteiger partial charge in [-0.15, -0.1) is 5.10 Å². The Kier molecular flexibility index (Phi) is 5.85. The third kappa shape index (κ3) is 4.59. The summed E-state index contributed by atoms with van der Waals surface area (Å²) in [7, 11) is 0. The van der Waals surface area contributed by atoms with Gasteiger partial charge in [-0.3, -0.25) is 4.79 Å². The zero-order valence-corrected chi connectivity index (χ0v) is 14.7. The molecule has 0 unspecified atom stereocenters. The van der Waals surface area contributed by atoms with Gasteiger partial charge in [0.15, 0.2) is 0 Å². The quantitative estimate of drug-likeness (QED) is 0.617. The van der Waals surface area contributed by atoms with Gasteiger partial charge < -0.3 is 10.1 Å². The molecule has 1 N–H and O–H groups in total. The number of alkyl halides is 2. The van der Waals surface area contributed by atoms with Gasteiger partial charge in [0.25, 0.3) is 0 Å². The number of hydrogen-bond acceptors (Lipinski definition) is 5. The first kappa shape index (κ1) is 18.3. The molecule has 5 nitrogen and oxygen atoms in total. The van der Waals surface area contributed by atoms with Crippen molar-refractivity contribution in [2.75, 3.05) is 11.1 Å². The lowest BCUT2D eigenvalue weighted by Crippen LogP contribution is -2.14. The van der Waals surface area contributed by atoms with Crippen LogP contribution in [0.15, 0.2) is 53.7 Å². The highest BCUT2D eigenvalue weighted by Crippen LogP contribution is 2.29. The molecule has 0 saturated carbocycles. The summed E-state index contributed by atoms with van der Waals surface area (Å²) in [6.45, 7) is -2.97. The number of carbonyl (C=O) groups is 1. The van der Waals surface area contributed by atoms with E-state index in [0.717, 1.165) is 10.8 Å². The van der Waals surface area contributed by atoms with Crippen molar-refractivity contribution in [2.24, 2.45) is 0 Å². The van der Waals surface area contributed by atoms with Crippen LogP contribution >= 0.6 is 23.4 Å². The fourth-order valence-electron chi connectivity index (χ4n) is 2.21. The number of carbonyl (C=O) groups excluding carboxylic acids is 1. The first-order chi connectivity index (χ1) is 12.5. The van der Waals surface area contributed by atoms with Crippen molar-refractivity contribution < 1.29 is 18.3 Å². The number of ether oxygens (including phenoxy) is 1. The van der Waals surface area contributed by atoms with Gasteiger partial charge in [-0.25, -0.2) is 0 Å². The molecule has 3 rings (SSSR count). The second-order valence-corrected chi connectivity index (χ2v) is 6.47. The van der Waals surface area contributed by atoms with E-state index >= 15 is 0 Å². The van der Waals surface area contributed by atoms with Crippen LogP contribution in [0.2, 0.25) is 5.02 Å². The fraction of sp³-hybridized carbons (Fsp3) is 0.118. The van der Waals surface area contributed by atoms with E-state index in [1.807, 2.05) is 24.3 Å². The summed E-state index contributed by atoms with van der Waals surface area (Å²) in [6.07, 6.45) is 1.66. The maximum Gasteiger partial charge on any atom is 0.387 e. The standard InChI is InChI=1S/C17H12ClF2N3O2S/c18-13-7-11(5-6-14(13)25-17(19)20)22-15(24)9-26-16-12-4-2-1-3-10(12)8-21-23-16/h1-8,17H,9H2,(H,22,24). The van der Waals surface area contributed by atoms with E-state index in [2.05, 4.69) is 20.3 Å². The monoisotopic (exact) mass is 395 g/mol. The van der Waals surface area contributed by atoms with Crippen LogP contribution in [0, 0.1) is 0 Å². The van der Waals surface area contributed by atoms with Gasteiger partial charge in [0.05, 0.1) is 17.0 Å². The van der Waals surface area contributed by atoms with Crippen LogP contribution in [-0.2, 0) is 4.79 Å². The van der Waals surface area contributed by atoms with E-state index in [4.69, 9.17) is 11.6 Å². The molecule has 9 heteroatoms. The van der Waals surface area contributed by atoms with E-state index < -0.39 is 6.61 Å². The normalized spacial score (nSPS) is 10.9. The van der Waals surface area contributed by atoms with Gasteiger partial charge in [-0.2, -0.15) is 13.9 Å². The van der Waals surface area contributed by atoms with Crippen molar-refractivity contribution in [3.8, 4) is 5.75 Å². The molecule has 134 valence electrons. The van der Waals surface area contributed by atoms with E-state index in [1.54, 1.807) is 6.20 Å². The minimum atomic E-state index is -2.97. The Bertz CT molecular complexity index is 938. The molecule has 0 aliphatic carbocycles. The van der Waals surface area contributed by atoms with Crippen molar-refractivity contribution >= 4 is 45.7 Å². The van der Waals surface area contributed by atoms with Crippen molar-refractivity contribution in [3.63, 3.8) is 0 Å². The Hall–Kier alpha value is -2.45. The zero-order valence-electron chi connectivity index (χ0n) is 13.2. The lowest BCUT2D eigenvalue weighted by atomic mass is 10.2. The van der Waals surface area contributed by atoms with Crippen LogP contribution in [0.4, 0.5) is 14.5 Å². The van der Waals surface area contributed by atoms with Gasteiger partial charge in [0, 0.05) is 16.5 Å². The third-order valence-corrected chi connectivity index (χ3v) is 4.59. The number of halogens is 3. The Labute approximate surface area is 156 Å². The van der Waals surface area contributed by atoms with Gasteiger partial charge in [-0.05, 0) is 18.2 Å². The van der Waals surface area contributed by atoms with Gasteiger partial charge >= 0.3 is 6.61 Å². The SMILES string of the molecule is O=C(CSc1nncc2ccccc12)Nc1ccc(OC(F)F)c(Cl)c1. The smallest absolute Gasteiger partial charge is 0.387 e. The molecule has 26 heavy (non-hydrogen) atoms. The van der Waals surface area contributed by atoms with Crippen molar-refractivity contribution in [1.82, 2.24) is 10.2 Å². The topological polar surface area (TPSA) is 64.1 Å². The number of hydrogen-bond donors (Lipinski definition) is 1. The lowest BCUT2D eigenvalue weighted by Gasteiger charge is -2.09. The first-order valence-corrected chi connectivity index (χ1v) is 8.77. The highest BCUT2D eigenvalue weighted by molar-refractivity contribution is 8.00. The van der Waals surface area contributed by atoms with Crippen LogP contribution in [0.5, 0.6) is 5.75 Å². The van der Waals surface area contributed by atoms with E-state index in [0.29, 0.717) is 10.7 Å². The molecule has 3 aromatic rings. The van der Waals surface area contributed by atoms with Crippen LogP contribution in [0.1, 0.15) is 0 Å². The molecule has 0 atom stereocenters. The van der Waals surface area contributed by atoms with E-state index in [-0.39, 0.29) is 22.4 Å². The van der Waals surface area contributed by atoms with Crippen LogP contribution in [-0.4, -0.2) is 28.5 Å². The Morgan fingerprint density at radius 3 is 2.85 bits per heavy atom. The number of aromatic nitrogens is 2. The third-order valence-electron chi connectivity index (χ3n) is 3.31. The number of rotatable bonds is 6. The molecule has 0 radical (unpaired) electrons. The van der Waals surface area contributed by atoms with E-state index in [9.17, 15) is 13.6 Å². The second kappa shape index (κ2) is 8.29. The highest BCUT2D eigenvalue weighted by atomic mass is 35.5. The first-order valence-electron chi connectivity index (χ1n) is 7.40. The molecule has 0 saturated heterocycles. The van der Waals surface area contributed by atoms with Gasteiger partial charge in [0.1, 0.15) is 10.8 Å². The zero-order chi connectivity index (χ0) is 18.5. The molecular weight excluding hydrogens is 384 g/mol. The van der Waals surface area contributed by atoms with Crippen LogP contribution < -0.4 is 10.1 Å². The molecule has 2 aromatic carbocycles. The molecule has 1 aromatic heterocycles. The molecule has 0 aliphatic rings. The summed E-state index contributed by atoms with van der Waals surface area (Å²) >= 11 is 7.11. The predicted octanol–water partition coefficient (Wildman–Crippen LogP) is 4.62. The van der Waals surface area contributed by atoms with Crippen molar-refractivity contribution in [1.29, 1.82) is 0 Å². The Balaban J connectivity index is 1.63. The maximum absolute atomic E-state index is 12.2. The largest absolute Gasteiger partial charge is 0.433 e. The molecule has 0 fully saturated rings. The molecule has 0 bridgehead atoms. The van der Waals surface area contributed by atoms with Crippen LogP contribution in [0.25, 0.3) is 10.8 Å². The number of nitrogens with zero attached hydrogens (tertiary/aromatic N) is 2. The average molecular weight is 396 g/mol. The van der Waals surface area contributed by atoms with Crippen LogP contribution in [0.3, 0.4) is 0 Å². The predicted molar refractivity (Wildman–Crippen MR) is 97.0 cm³/mol. The van der Waals surface area contributed by atoms with Crippen molar-refractivity contribution in [3.05, 3.63) is 53.7 Å².